The zero-order valence-electron chi connectivity index (χ0n) is 15.7. The Kier molecular flexibility index (Phi) is 5.49. The fourth-order valence-corrected chi connectivity index (χ4v) is 2.90. The Balaban J connectivity index is 1.64. The van der Waals surface area contributed by atoms with E-state index in [9.17, 15) is 9.59 Å². The van der Waals surface area contributed by atoms with Gasteiger partial charge in [0.1, 0.15) is 0 Å². The number of esters is 1. The highest BCUT2D eigenvalue weighted by molar-refractivity contribution is 5.94. The Bertz CT molecular complexity index is 966. The van der Waals surface area contributed by atoms with Crippen LogP contribution in [-0.2, 0) is 23.1 Å². The molecule has 0 fully saturated rings. The maximum absolute atomic E-state index is 12.4. The minimum atomic E-state index is -0.572. The van der Waals surface area contributed by atoms with Gasteiger partial charge in [0.05, 0.1) is 11.3 Å². The van der Waals surface area contributed by atoms with Crippen molar-refractivity contribution >= 4 is 22.9 Å². The summed E-state index contributed by atoms with van der Waals surface area (Å²) in [5.41, 5.74) is 2.81. The summed E-state index contributed by atoms with van der Waals surface area (Å²) < 4.78 is 6.87. The lowest BCUT2D eigenvalue weighted by Crippen LogP contribution is -2.34. The number of fused-ring (bicyclic) bond motifs is 1. The van der Waals surface area contributed by atoms with Gasteiger partial charge < -0.3 is 9.64 Å². The van der Waals surface area contributed by atoms with E-state index in [2.05, 4.69) is 10.1 Å². The van der Waals surface area contributed by atoms with E-state index in [1.54, 1.807) is 22.7 Å². The summed E-state index contributed by atoms with van der Waals surface area (Å²) in [5.74, 6) is -0.807. The molecular weight excluding hydrogens is 344 g/mol. The summed E-state index contributed by atoms with van der Waals surface area (Å²) in [5, 5.41) is 5.07. The van der Waals surface area contributed by atoms with Crippen molar-refractivity contribution in [2.75, 3.05) is 13.2 Å². The molecule has 0 spiro atoms. The van der Waals surface area contributed by atoms with Crippen molar-refractivity contribution in [2.24, 2.45) is 7.05 Å². The van der Waals surface area contributed by atoms with E-state index in [1.165, 1.54) is 6.20 Å². The van der Waals surface area contributed by atoms with E-state index >= 15 is 0 Å². The number of ether oxygens (including phenoxy) is 1. The van der Waals surface area contributed by atoms with E-state index in [-0.39, 0.29) is 12.5 Å². The SMILES string of the molecule is CCN(Cc1ccccc1)C(=O)COC(=O)c1cnc2c(c1)c(C)nn2C. The molecule has 0 N–H and O–H groups in total. The number of amides is 1. The molecule has 7 nitrogen and oxygen atoms in total. The van der Waals surface area contributed by atoms with Crippen LogP contribution in [0.4, 0.5) is 0 Å². The summed E-state index contributed by atoms with van der Waals surface area (Å²) in [6.45, 7) is 4.46. The van der Waals surface area contributed by atoms with Gasteiger partial charge in [-0.2, -0.15) is 5.10 Å². The van der Waals surface area contributed by atoms with Crippen molar-refractivity contribution < 1.29 is 14.3 Å². The van der Waals surface area contributed by atoms with Gasteiger partial charge in [0.15, 0.2) is 12.3 Å². The van der Waals surface area contributed by atoms with Crippen molar-refractivity contribution in [1.29, 1.82) is 0 Å². The van der Waals surface area contributed by atoms with E-state index in [0.717, 1.165) is 16.6 Å². The van der Waals surface area contributed by atoms with Gasteiger partial charge in [-0.25, -0.2) is 9.78 Å². The molecule has 0 radical (unpaired) electrons. The maximum atomic E-state index is 12.4. The molecule has 0 aliphatic carbocycles. The summed E-state index contributed by atoms with van der Waals surface area (Å²) in [6.07, 6.45) is 1.44. The van der Waals surface area contributed by atoms with Crippen LogP contribution in [0.15, 0.2) is 42.6 Å². The first kappa shape index (κ1) is 18.6. The number of hydrogen-bond acceptors (Lipinski definition) is 5. The van der Waals surface area contributed by atoms with Crippen molar-refractivity contribution in [3.05, 3.63) is 59.4 Å². The number of rotatable bonds is 6. The molecule has 0 atom stereocenters. The molecule has 27 heavy (non-hydrogen) atoms. The van der Waals surface area contributed by atoms with Crippen molar-refractivity contribution in [3.63, 3.8) is 0 Å². The zero-order chi connectivity index (χ0) is 19.4. The van der Waals surface area contributed by atoms with Crippen LogP contribution < -0.4 is 0 Å². The largest absolute Gasteiger partial charge is 0.452 e. The van der Waals surface area contributed by atoms with Crippen LogP contribution in [0.1, 0.15) is 28.5 Å². The lowest BCUT2D eigenvalue weighted by atomic mass is 10.2. The number of nitrogens with zero attached hydrogens (tertiary/aromatic N) is 4. The highest BCUT2D eigenvalue weighted by Crippen LogP contribution is 2.17. The predicted octanol–water partition coefficient (Wildman–Crippen LogP) is 2.48. The molecule has 7 heteroatoms. The third kappa shape index (κ3) is 4.13. The molecule has 0 bridgehead atoms. The van der Waals surface area contributed by atoms with Gasteiger partial charge in [-0.15, -0.1) is 0 Å². The lowest BCUT2D eigenvalue weighted by molar-refractivity contribution is -0.134. The summed E-state index contributed by atoms with van der Waals surface area (Å²) in [6, 6.07) is 11.4. The van der Waals surface area contributed by atoms with E-state index in [4.69, 9.17) is 4.74 Å². The van der Waals surface area contributed by atoms with Crippen LogP contribution in [0.2, 0.25) is 0 Å². The maximum Gasteiger partial charge on any atom is 0.340 e. The van der Waals surface area contributed by atoms with Crippen molar-refractivity contribution in [1.82, 2.24) is 19.7 Å². The fourth-order valence-electron chi connectivity index (χ4n) is 2.90. The van der Waals surface area contributed by atoms with E-state index in [0.29, 0.717) is 24.3 Å². The Morgan fingerprint density at radius 3 is 2.67 bits per heavy atom. The summed E-state index contributed by atoms with van der Waals surface area (Å²) in [7, 11) is 1.80. The Labute approximate surface area is 157 Å². The van der Waals surface area contributed by atoms with Gasteiger partial charge >= 0.3 is 5.97 Å². The second-order valence-corrected chi connectivity index (χ2v) is 6.27. The Morgan fingerprint density at radius 1 is 1.22 bits per heavy atom. The minimum Gasteiger partial charge on any atom is -0.452 e. The molecule has 1 amide bonds. The number of benzene rings is 1. The van der Waals surface area contributed by atoms with Gasteiger partial charge in [-0.1, -0.05) is 30.3 Å². The van der Waals surface area contributed by atoms with E-state index < -0.39 is 5.97 Å². The van der Waals surface area contributed by atoms with Crippen molar-refractivity contribution in [3.8, 4) is 0 Å². The Morgan fingerprint density at radius 2 is 1.96 bits per heavy atom. The summed E-state index contributed by atoms with van der Waals surface area (Å²) >= 11 is 0. The molecule has 0 saturated heterocycles. The van der Waals surface area contributed by atoms with Gasteiger partial charge in [0.2, 0.25) is 0 Å². The lowest BCUT2D eigenvalue weighted by Gasteiger charge is -2.20. The molecule has 140 valence electrons. The average Bonchev–Trinajstić information content (AvgIpc) is 2.98. The molecule has 0 aliphatic rings. The van der Waals surface area contributed by atoms with E-state index in [1.807, 2.05) is 44.2 Å². The molecular formula is C20H22N4O3. The zero-order valence-corrected chi connectivity index (χ0v) is 15.7. The van der Waals surface area contributed by atoms with Gasteiger partial charge in [0, 0.05) is 31.7 Å². The van der Waals surface area contributed by atoms with Crippen LogP contribution >= 0.6 is 0 Å². The second-order valence-electron chi connectivity index (χ2n) is 6.27. The highest BCUT2D eigenvalue weighted by atomic mass is 16.5. The third-order valence-electron chi connectivity index (χ3n) is 4.38. The number of aromatic nitrogens is 3. The van der Waals surface area contributed by atoms with Crippen LogP contribution in [0.5, 0.6) is 0 Å². The smallest absolute Gasteiger partial charge is 0.340 e. The Hall–Kier alpha value is -3.22. The molecule has 1 aromatic carbocycles. The number of hydrogen-bond donors (Lipinski definition) is 0. The van der Waals surface area contributed by atoms with Crippen LogP contribution in [-0.4, -0.2) is 44.7 Å². The minimum absolute atomic E-state index is 0.235. The quantitative estimate of drug-likeness (QED) is 0.627. The first-order valence-electron chi connectivity index (χ1n) is 8.77. The van der Waals surface area contributed by atoms with Gasteiger partial charge in [-0.3, -0.25) is 9.48 Å². The first-order valence-corrected chi connectivity index (χ1v) is 8.77. The molecule has 3 aromatic rings. The molecule has 0 saturated carbocycles. The molecule has 0 aliphatic heterocycles. The van der Waals surface area contributed by atoms with Crippen LogP contribution in [0, 0.1) is 6.92 Å². The number of pyridine rings is 1. The monoisotopic (exact) mass is 366 g/mol. The fraction of sp³-hybridized carbons (Fsp3) is 0.300. The molecule has 0 unspecified atom stereocenters. The third-order valence-corrected chi connectivity index (χ3v) is 4.38. The predicted molar refractivity (Wildman–Crippen MR) is 101 cm³/mol. The van der Waals surface area contributed by atoms with Crippen molar-refractivity contribution in [2.45, 2.75) is 20.4 Å². The number of aryl methyl sites for hydroxylation is 2. The number of likely N-dealkylation sites (N-methyl/N-ethyl adjacent to an activating group) is 1. The molecule has 3 rings (SSSR count). The second kappa shape index (κ2) is 7.99. The van der Waals surface area contributed by atoms with Crippen LogP contribution in [0.3, 0.4) is 0 Å². The van der Waals surface area contributed by atoms with Crippen LogP contribution in [0.25, 0.3) is 11.0 Å². The normalized spacial score (nSPS) is 10.8. The number of carbonyl (C=O) groups excluding carboxylic acids is 2. The topological polar surface area (TPSA) is 77.3 Å². The highest BCUT2D eigenvalue weighted by Gasteiger charge is 2.17. The van der Waals surface area contributed by atoms with Gasteiger partial charge in [-0.05, 0) is 25.5 Å². The summed E-state index contributed by atoms with van der Waals surface area (Å²) in [4.78, 5) is 30.6. The van der Waals surface area contributed by atoms with Gasteiger partial charge in [0.25, 0.3) is 5.91 Å². The average molecular weight is 366 g/mol. The molecule has 2 aromatic heterocycles. The first-order chi connectivity index (χ1) is 13.0. The molecule has 2 heterocycles. The standard InChI is InChI=1S/C20H22N4O3/c1-4-24(12-15-8-6-5-7-9-15)18(25)13-27-20(26)16-10-17-14(2)22-23(3)19(17)21-11-16/h5-11H,4,12-13H2,1-3H3. The number of carbonyl (C=O) groups is 2.